The molecule has 30 heavy (non-hydrogen) atoms. The molecule has 1 saturated heterocycles. The Balaban J connectivity index is 3.99. The third-order valence-corrected chi connectivity index (χ3v) is 4.50. The van der Waals surface area contributed by atoms with Crippen molar-refractivity contribution in [2.45, 2.75) is 18.9 Å². The molecule has 0 spiro atoms. The zero-order valence-corrected chi connectivity index (χ0v) is 16.9. The van der Waals surface area contributed by atoms with Gasteiger partial charge in [-0.05, 0) is 18.2 Å². The Labute approximate surface area is 175 Å². The summed E-state index contributed by atoms with van der Waals surface area (Å²) in [4.78, 5) is 3.81. The maximum Gasteiger partial charge on any atom is 0.425 e. The first-order chi connectivity index (χ1) is 14.5. The van der Waals surface area contributed by atoms with Crippen molar-refractivity contribution in [3.63, 3.8) is 0 Å². The lowest BCUT2D eigenvalue weighted by atomic mass is 10.3. The fourth-order valence-corrected chi connectivity index (χ4v) is 3.35. The van der Waals surface area contributed by atoms with Crippen LogP contribution in [0.1, 0.15) is 0 Å². The number of aliphatic hydroxyl groups is 6. The van der Waals surface area contributed by atoms with E-state index in [1.54, 1.807) is 32.4 Å². The van der Waals surface area contributed by atoms with Crippen molar-refractivity contribution >= 4 is 18.6 Å². The van der Waals surface area contributed by atoms with Crippen molar-refractivity contribution in [1.29, 1.82) is 0 Å². The second-order valence-electron chi connectivity index (χ2n) is 6.15. The van der Waals surface area contributed by atoms with Gasteiger partial charge in [-0.25, -0.2) is 0 Å². The topological polar surface area (TPSA) is 140 Å². The van der Waals surface area contributed by atoms with Crippen molar-refractivity contribution in [3.05, 3.63) is 38.0 Å². The summed E-state index contributed by atoms with van der Waals surface area (Å²) in [6.07, 6.45) is 6.36. The van der Waals surface area contributed by atoms with Crippen LogP contribution >= 0.6 is 0 Å². The molecule has 1 rings (SSSR count). The number of hydrogen-bond donors (Lipinski definition) is 6. The van der Waals surface area contributed by atoms with Gasteiger partial charge >= 0.3 is 18.9 Å². The molecule has 1 heterocycles. The van der Waals surface area contributed by atoms with E-state index in [2.05, 4.69) is 19.7 Å². The molecule has 0 unspecified atom stereocenters. The SMILES string of the molecule is C=CC=[N+]1C(N(CO)CO)[N+](=CC=C)C(N(CO)CO)[N+](=CC=C)C1N(CO)CO. The second kappa shape index (κ2) is 13.2. The van der Waals surface area contributed by atoms with Gasteiger partial charge in [-0.3, -0.25) is 0 Å². The van der Waals surface area contributed by atoms with E-state index in [0.29, 0.717) is 0 Å². The molecule has 0 aromatic rings. The van der Waals surface area contributed by atoms with Crippen molar-refractivity contribution in [1.82, 2.24) is 14.7 Å². The Morgan fingerprint density at radius 3 is 0.833 bits per heavy atom. The molecule has 0 radical (unpaired) electrons. The van der Waals surface area contributed by atoms with E-state index in [-0.39, 0.29) is 0 Å². The Kier molecular flexibility index (Phi) is 11.4. The maximum atomic E-state index is 9.87. The highest BCUT2D eigenvalue weighted by Crippen LogP contribution is 2.22. The lowest BCUT2D eigenvalue weighted by Crippen LogP contribution is -2.73. The van der Waals surface area contributed by atoms with Crippen LogP contribution in [0.2, 0.25) is 0 Å². The molecule has 0 saturated carbocycles. The predicted molar refractivity (Wildman–Crippen MR) is 109 cm³/mol. The van der Waals surface area contributed by atoms with Gasteiger partial charge in [-0.2, -0.15) is 0 Å². The molecule has 12 nitrogen and oxygen atoms in total. The lowest BCUT2D eigenvalue weighted by molar-refractivity contribution is -1.03. The van der Waals surface area contributed by atoms with Crippen LogP contribution in [0.5, 0.6) is 0 Å². The molecule has 1 aliphatic heterocycles. The molecule has 0 bridgehead atoms. The van der Waals surface area contributed by atoms with Crippen LogP contribution in [0, 0.1) is 0 Å². The van der Waals surface area contributed by atoms with Crippen molar-refractivity contribution in [2.24, 2.45) is 0 Å². The summed E-state index contributed by atoms with van der Waals surface area (Å²) in [7, 11) is 0. The van der Waals surface area contributed by atoms with E-state index in [1.807, 2.05) is 0 Å². The van der Waals surface area contributed by atoms with Crippen LogP contribution in [0.25, 0.3) is 0 Å². The monoisotopic (exact) mass is 429 g/mol. The summed E-state index contributed by atoms with van der Waals surface area (Å²) < 4.78 is 4.82. The molecule has 0 aromatic carbocycles. The first-order valence-corrected chi connectivity index (χ1v) is 9.12. The highest BCUT2D eigenvalue weighted by Gasteiger charge is 2.62. The lowest BCUT2D eigenvalue weighted by Gasteiger charge is -2.36. The van der Waals surface area contributed by atoms with Gasteiger partial charge < -0.3 is 30.6 Å². The third kappa shape index (κ3) is 5.31. The van der Waals surface area contributed by atoms with Crippen LogP contribution < -0.4 is 0 Å². The fraction of sp³-hybridized carbons (Fsp3) is 0.500. The summed E-state index contributed by atoms with van der Waals surface area (Å²) in [5.41, 5.74) is 0. The molecular formula is C18H33N6O6+3. The van der Waals surface area contributed by atoms with Gasteiger partial charge in [0.05, 0.1) is 0 Å². The average Bonchev–Trinajstić information content (AvgIpc) is 2.76. The average molecular weight is 429 g/mol. The van der Waals surface area contributed by atoms with E-state index >= 15 is 0 Å². The smallest absolute Gasteiger partial charge is 0.381 e. The van der Waals surface area contributed by atoms with Gasteiger partial charge in [0.1, 0.15) is 40.4 Å². The highest BCUT2D eigenvalue weighted by molar-refractivity contribution is 5.67. The molecule has 1 aliphatic rings. The normalized spacial score (nSPS) is 21.9. The Hall–Kier alpha value is -2.13. The first-order valence-electron chi connectivity index (χ1n) is 9.12. The predicted octanol–water partition coefficient (Wildman–Crippen LogP) is -3.74. The van der Waals surface area contributed by atoms with Gasteiger partial charge in [-0.15, -0.1) is 14.7 Å². The summed E-state index contributed by atoms with van der Waals surface area (Å²) in [6, 6.07) is 0. The minimum atomic E-state index is -0.901. The minimum Gasteiger partial charge on any atom is -0.381 e. The molecule has 168 valence electrons. The van der Waals surface area contributed by atoms with E-state index in [1.165, 1.54) is 32.9 Å². The quantitative estimate of drug-likeness (QED) is 0.136. The van der Waals surface area contributed by atoms with Gasteiger partial charge in [0.2, 0.25) is 0 Å². The van der Waals surface area contributed by atoms with Gasteiger partial charge in [0, 0.05) is 0 Å². The zero-order valence-electron chi connectivity index (χ0n) is 16.9. The van der Waals surface area contributed by atoms with Gasteiger partial charge in [0.15, 0.2) is 18.6 Å². The summed E-state index contributed by atoms with van der Waals surface area (Å²) in [5, 5.41) is 59.2. The number of hydrogen-bond acceptors (Lipinski definition) is 9. The number of allylic oxidation sites excluding steroid dienone is 3. The van der Waals surface area contributed by atoms with Crippen molar-refractivity contribution < 1.29 is 44.4 Å². The number of nitrogens with zero attached hydrogens (tertiary/aromatic N) is 6. The van der Waals surface area contributed by atoms with Crippen molar-refractivity contribution in [2.75, 3.05) is 40.4 Å². The third-order valence-electron chi connectivity index (χ3n) is 4.50. The van der Waals surface area contributed by atoms with Gasteiger partial charge in [-0.1, -0.05) is 33.5 Å². The van der Waals surface area contributed by atoms with Crippen LogP contribution in [0.4, 0.5) is 0 Å². The molecule has 12 heteroatoms. The van der Waals surface area contributed by atoms with E-state index < -0.39 is 59.3 Å². The fourth-order valence-electron chi connectivity index (χ4n) is 3.35. The number of aliphatic hydroxyl groups excluding tert-OH is 6. The minimum absolute atomic E-state index is 0.550. The van der Waals surface area contributed by atoms with Crippen LogP contribution in [0.3, 0.4) is 0 Å². The molecule has 0 aromatic heterocycles. The largest absolute Gasteiger partial charge is 0.425 e. The van der Waals surface area contributed by atoms with Crippen LogP contribution in [-0.4, -0.2) is 137 Å². The molecule has 0 atom stereocenters. The molecule has 0 aliphatic carbocycles. The van der Waals surface area contributed by atoms with E-state index in [4.69, 9.17) is 0 Å². The Bertz CT molecular complexity index is 562. The second-order valence-corrected chi connectivity index (χ2v) is 6.15. The molecule has 1 fully saturated rings. The molecule has 0 amide bonds. The standard InChI is InChI=1S/C18H33N6O6/c1-4-7-22-16(19(10-25)11-26)23(8-5-2)18(21(14-29)15-30)24(9-6-3)17(22)20(12-27)13-28/h4-9,16-18,25-30H,1-3,10-15H2/q+3. The van der Waals surface area contributed by atoms with Crippen LogP contribution in [0.15, 0.2) is 38.0 Å². The summed E-state index contributed by atoms with van der Waals surface area (Å²) in [6.45, 7) is 7.80. The molecular weight excluding hydrogens is 396 g/mol. The summed E-state index contributed by atoms with van der Waals surface area (Å²) in [5.74, 6) is 0. The maximum absolute atomic E-state index is 9.87. The number of rotatable bonds is 12. The van der Waals surface area contributed by atoms with Crippen molar-refractivity contribution in [3.8, 4) is 0 Å². The highest BCUT2D eigenvalue weighted by atomic mass is 16.3. The summed E-state index contributed by atoms with van der Waals surface area (Å²) >= 11 is 0. The van der Waals surface area contributed by atoms with Crippen LogP contribution in [-0.2, 0) is 0 Å². The Morgan fingerprint density at radius 2 is 0.700 bits per heavy atom. The Morgan fingerprint density at radius 1 is 0.500 bits per heavy atom. The molecule has 6 N–H and O–H groups in total. The van der Waals surface area contributed by atoms with Gasteiger partial charge in [0.25, 0.3) is 0 Å². The zero-order chi connectivity index (χ0) is 22.7. The van der Waals surface area contributed by atoms with E-state index in [9.17, 15) is 30.6 Å². The first kappa shape index (κ1) is 25.9. The van der Waals surface area contributed by atoms with E-state index in [0.717, 1.165) is 0 Å².